The van der Waals surface area contributed by atoms with Crippen LogP contribution in [-0.4, -0.2) is 59.9 Å². The lowest BCUT2D eigenvalue weighted by Crippen LogP contribution is -2.43. The number of thioether (sulfide) groups is 1. The van der Waals surface area contributed by atoms with Gasteiger partial charge < -0.3 is 24.5 Å². The van der Waals surface area contributed by atoms with Crippen LogP contribution in [0.15, 0.2) is 58.2 Å². The summed E-state index contributed by atoms with van der Waals surface area (Å²) in [4.78, 5) is 41.7. The van der Waals surface area contributed by atoms with E-state index in [2.05, 4.69) is 15.6 Å². The van der Waals surface area contributed by atoms with E-state index in [1.165, 1.54) is 11.8 Å². The summed E-state index contributed by atoms with van der Waals surface area (Å²) < 4.78 is 16.2. The van der Waals surface area contributed by atoms with Crippen molar-refractivity contribution in [3.8, 4) is 0 Å². The molecule has 1 atom stereocenters. The SMILES string of the molecule is CCOC(=O)[C@H](Cc1ccccc1)NC(=O)c1ccc2oc(SCCCNCC(=O)OC(C)(C)C)nc2c1. The Hall–Kier alpha value is -3.37. The van der Waals surface area contributed by atoms with Crippen molar-refractivity contribution in [3.05, 3.63) is 59.7 Å². The second-order valence-corrected chi connectivity index (χ2v) is 10.6. The molecule has 0 aliphatic carbocycles. The minimum atomic E-state index is -0.812. The maximum atomic E-state index is 13.0. The second-order valence-electron chi connectivity index (χ2n) is 9.60. The van der Waals surface area contributed by atoms with Gasteiger partial charge in [-0.05, 0) is 64.4 Å². The Kier molecular flexibility index (Phi) is 10.7. The molecular formula is C28H35N3O6S. The molecule has 0 saturated heterocycles. The van der Waals surface area contributed by atoms with Gasteiger partial charge >= 0.3 is 11.9 Å². The number of esters is 2. The van der Waals surface area contributed by atoms with Crippen LogP contribution in [0.5, 0.6) is 0 Å². The zero-order valence-corrected chi connectivity index (χ0v) is 23.1. The lowest BCUT2D eigenvalue weighted by Gasteiger charge is -2.19. The first-order chi connectivity index (χ1) is 18.1. The number of carbonyl (C=O) groups is 3. The van der Waals surface area contributed by atoms with E-state index in [0.29, 0.717) is 34.9 Å². The van der Waals surface area contributed by atoms with Crippen LogP contribution >= 0.6 is 11.8 Å². The molecule has 3 aromatic rings. The molecule has 1 heterocycles. The first-order valence-electron chi connectivity index (χ1n) is 12.6. The molecule has 2 N–H and O–H groups in total. The van der Waals surface area contributed by atoms with Gasteiger partial charge in [-0.1, -0.05) is 42.1 Å². The van der Waals surface area contributed by atoms with Gasteiger partial charge in [0, 0.05) is 17.7 Å². The number of ether oxygens (including phenoxy) is 2. The van der Waals surface area contributed by atoms with Gasteiger partial charge in [0.2, 0.25) is 0 Å². The number of fused-ring (bicyclic) bond motifs is 1. The summed E-state index contributed by atoms with van der Waals surface area (Å²) in [6.45, 7) is 8.29. The third-order valence-corrected chi connectivity index (χ3v) is 6.12. The molecule has 1 aromatic heterocycles. The molecule has 0 bridgehead atoms. The van der Waals surface area contributed by atoms with Gasteiger partial charge in [-0.2, -0.15) is 0 Å². The van der Waals surface area contributed by atoms with Crippen molar-refractivity contribution in [3.63, 3.8) is 0 Å². The van der Waals surface area contributed by atoms with E-state index in [0.717, 1.165) is 17.7 Å². The van der Waals surface area contributed by atoms with E-state index in [1.807, 2.05) is 51.1 Å². The number of benzene rings is 2. The number of amides is 1. The van der Waals surface area contributed by atoms with Gasteiger partial charge in [-0.25, -0.2) is 9.78 Å². The van der Waals surface area contributed by atoms with Crippen LogP contribution in [0.4, 0.5) is 0 Å². The normalized spacial score (nSPS) is 12.2. The summed E-state index contributed by atoms with van der Waals surface area (Å²) in [6.07, 6.45) is 1.13. The van der Waals surface area contributed by atoms with Crippen molar-refractivity contribution in [2.75, 3.05) is 25.4 Å². The zero-order valence-electron chi connectivity index (χ0n) is 22.2. The molecule has 0 radical (unpaired) electrons. The molecule has 0 spiro atoms. The smallest absolute Gasteiger partial charge is 0.328 e. The monoisotopic (exact) mass is 541 g/mol. The number of hydrogen-bond donors (Lipinski definition) is 2. The van der Waals surface area contributed by atoms with E-state index in [1.54, 1.807) is 25.1 Å². The minimum absolute atomic E-state index is 0.165. The molecular weight excluding hydrogens is 506 g/mol. The Morgan fingerprint density at radius 1 is 1.11 bits per heavy atom. The third kappa shape index (κ3) is 9.50. The number of rotatable bonds is 13. The average Bonchev–Trinajstić information content (AvgIpc) is 3.27. The largest absolute Gasteiger partial charge is 0.464 e. The summed E-state index contributed by atoms with van der Waals surface area (Å²) in [6, 6.07) is 13.6. The van der Waals surface area contributed by atoms with Crippen molar-refractivity contribution in [1.29, 1.82) is 0 Å². The molecule has 0 fully saturated rings. The Morgan fingerprint density at radius 2 is 1.87 bits per heavy atom. The predicted molar refractivity (Wildman–Crippen MR) is 146 cm³/mol. The molecule has 204 valence electrons. The zero-order chi connectivity index (χ0) is 27.5. The fourth-order valence-corrected chi connectivity index (χ4v) is 4.34. The lowest BCUT2D eigenvalue weighted by atomic mass is 10.1. The number of oxazole rings is 1. The first kappa shape index (κ1) is 29.2. The molecule has 3 rings (SSSR count). The van der Waals surface area contributed by atoms with Crippen molar-refractivity contribution in [1.82, 2.24) is 15.6 Å². The first-order valence-corrected chi connectivity index (χ1v) is 13.6. The molecule has 1 amide bonds. The molecule has 9 nitrogen and oxygen atoms in total. The Labute approximate surface area is 227 Å². The van der Waals surface area contributed by atoms with E-state index < -0.39 is 23.5 Å². The predicted octanol–water partition coefficient (Wildman–Crippen LogP) is 4.15. The Bertz CT molecular complexity index is 1220. The maximum Gasteiger partial charge on any atom is 0.328 e. The van der Waals surface area contributed by atoms with Gasteiger partial charge in [-0.15, -0.1) is 0 Å². The van der Waals surface area contributed by atoms with Crippen molar-refractivity contribution < 1.29 is 28.3 Å². The van der Waals surface area contributed by atoms with E-state index >= 15 is 0 Å². The summed E-state index contributed by atoms with van der Waals surface area (Å²) >= 11 is 1.45. The molecule has 0 aliphatic heterocycles. The topological polar surface area (TPSA) is 120 Å². The van der Waals surface area contributed by atoms with E-state index in [9.17, 15) is 14.4 Å². The van der Waals surface area contributed by atoms with Gasteiger partial charge in [-0.3, -0.25) is 9.59 Å². The molecule has 0 unspecified atom stereocenters. The van der Waals surface area contributed by atoms with Crippen LogP contribution in [0.1, 0.15) is 50.0 Å². The molecule has 10 heteroatoms. The summed E-state index contributed by atoms with van der Waals surface area (Å²) in [5, 5.41) is 6.36. The number of aromatic nitrogens is 1. The Balaban J connectivity index is 1.53. The standard InChI is InChI=1S/C28H35N3O6S/c1-5-35-26(34)22(16-19-10-7-6-8-11-19)30-25(33)20-12-13-23-21(17-20)31-27(36-23)38-15-9-14-29-18-24(32)37-28(2,3)4/h6-8,10-13,17,22,29H,5,9,14-16,18H2,1-4H3,(H,30,33)/t22-/m0/s1. The highest BCUT2D eigenvalue weighted by molar-refractivity contribution is 7.99. The number of carbonyl (C=O) groups excluding carboxylic acids is 3. The summed E-state index contributed by atoms with van der Waals surface area (Å²) in [5.41, 5.74) is 1.92. The van der Waals surface area contributed by atoms with Gasteiger partial charge in [0.1, 0.15) is 17.2 Å². The van der Waals surface area contributed by atoms with Crippen molar-refractivity contribution in [2.45, 2.75) is 57.4 Å². The van der Waals surface area contributed by atoms with E-state index in [-0.39, 0.29) is 19.1 Å². The molecule has 38 heavy (non-hydrogen) atoms. The van der Waals surface area contributed by atoms with Gasteiger partial charge in [0.15, 0.2) is 5.58 Å². The fraction of sp³-hybridized carbons (Fsp3) is 0.429. The highest BCUT2D eigenvalue weighted by atomic mass is 32.2. The number of nitrogens with one attached hydrogen (secondary N) is 2. The maximum absolute atomic E-state index is 13.0. The highest BCUT2D eigenvalue weighted by Crippen LogP contribution is 2.24. The quantitative estimate of drug-likeness (QED) is 0.187. The van der Waals surface area contributed by atoms with Gasteiger partial charge in [0.05, 0.1) is 13.2 Å². The number of hydrogen-bond acceptors (Lipinski definition) is 9. The van der Waals surface area contributed by atoms with Crippen molar-refractivity contribution in [2.24, 2.45) is 0 Å². The number of nitrogens with zero attached hydrogens (tertiary/aromatic N) is 1. The van der Waals surface area contributed by atoms with Crippen molar-refractivity contribution >= 4 is 40.7 Å². The summed E-state index contributed by atoms with van der Waals surface area (Å²) in [5.74, 6) is -0.416. The highest BCUT2D eigenvalue weighted by Gasteiger charge is 2.23. The van der Waals surface area contributed by atoms with Crippen LogP contribution in [0, 0.1) is 0 Å². The summed E-state index contributed by atoms with van der Waals surface area (Å²) in [7, 11) is 0. The Morgan fingerprint density at radius 3 is 2.58 bits per heavy atom. The lowest BCUT2D eigenvalue weighted by molar-refractivity contribution is -0.153. The molecule has 0 saturated carbocycles. The van der Waals surface area contributed by atoms with Crippen LogP contribution in [0.3, 0.4) is 0 Å². The van der Waals surface area contributed by atoms with E-state index in [4.69, 9.17) is 13.9 Å². The van der Waals surface area contributed by atoms with Crippen LogP contribution in [0.25, 0.3) is 11.1 Å². The average molecular weight is 542 g/mol. The third-order valence-electron chi connectivity index (χ3n) is 5.20. The van der Waals surface area contributed by atoms with Gasteiger partial charge in [0.25, 0.3) is 11.1 Å². The second kappa shape index (κ2) is 14.0. The fourth-order valence-electron chi connectivity index (χ4n) is 3.56. The molecule has 0 aliphatic rings. The minimum Gasteiger partial charge on any atom is -0.464 e. The van der Waals surface area contributed by atoms with Crippen LogP contribution in [-0.2, 0) is 25.5 Å². The molecule has 2 aromatic carbocycles. The van der Waals surface area contributed by atoms with Crippen LogP contribution < -0.4 is 10.6 Å². The van der Waals surface area contributed by atoms with Crippen LogP contribution in [0.2, 0.25) is 0 Å².